The quantitative estimate of drug-likeness (QED) is 0.0146. The number of hydrogen-bond acceptors (Lipinski definition) is 14. The standard InChI is InChI=1S/C109H184O16P2/c1-4-7-10-13-16-19-22-25-28-31-34-37-40-43-45-47-49-50-51-52-54-56-57-60-62-65-68-71-74-77-80-83-86-89-92-95-107(112)119-98-104(110)99-121-126(115,116)122-100-105(111)101-123-127(117,118)124-103-106(125-109(114)97-94-91-88-85-82-79-76-73-70-67-64-59-42-39-36-33-30-27-24-21-18-15-12-9-6-3)102-120-108(113)96-93-90-87-84-81-78-75-72-69-66-63-61-58-55-53-48-46-44-41-38-35-32-29-26-23-20-17-14-11-8-5-2/h7-12,16-21,25-30,34-39,43-46,59,64,70,73,104-106,110-111H,4-6,13-15,22-24,31-33,40-42,47-58,60-63,65-69,71-72,74-103H2,1-3H3,(H,115,116)(H,117,118)/b10-7-,11-8-,12-9-,19-16-,20-17-,21-18-,28-25-,29-26-,30-27-,37-34-,38-35-,39-36-,45-43-,46-44-,64-59-,73-70-. The summed E-state index contributed by atoms with van der Waals surface area (Å²) < 4.78 is 61.7. The molecule has 0 saturated carbocycles. The summed E-state index contributed by atoms with van der Waals surface area (Å²) in [5.41, 5.74) is 0. The lowest BCUT2D eigenvalue weighted by Gasteiger charge is -2.21. The highest BCUT2D eigenvalue weighted by molar-refractivity contribution is 7.47. The Bertz CT molecular complexity index is 3090. The molecule has 5 atom stereocenters. The summed E-state index contributed by atoms with van der Waals surface area (Å²) in [6.45, 7) is 2.38. The first-order valence-electron chi connectivity index (χ1n) is 50.7. The molecule has 127 heavy (non-hydrogen) atoms. The molecule has 4 N–H and O–H groups in total. The van der Waals surface area contributed by atoms with Gasteiger partial charge >= 0.3 is 33.6 Å². The number of aliphatic hydroxyl groups is 2. The number of carbonyl (C=O) groups excluding carboxylic acids is 3. The lowest BCUT2D eigenvalue weighted by atomic mass is 10.0. The van der Waals surface area contributed by atoms with E-state index in [2.05, 4.69) is 215 Å². The number of allylic oxidation sites excluding steroid dienone is 32. The topological polar surface area (TPSA) is 231 Å². The largest absolute Gasteiger partial charge is 0.472 e. The van der Waals surface area contributed by atoms with Gasteiger partial charge in [-0.3, -0.25) is 32.5 Å². The van der Waals surface area contributed by atoms with Gasteiger partial charge in [0.15, 0.2) is 6.10 Å². The maximum atomic E-state index is 13.1. The van der Waals surface area contributed by atoms with E-state index in [4.69, 9.17) is 32.3 Å². The van der Waals surface area contributed by atoms with Gasteiger partial charge in [-0.15, -0.1) is 0 Å². The van der Waals surface area contributed by atoms with Crippen LogP contribution in [0.4, 0.5) is 0 Å². The van der Waals surface area contributed by atoms with Gasteiger partial charge in [0.05, 0.1) is 26.4 Å². The number of ether oxygens (including phenoxy) is 3. The van der Waals surface area contributed by atoms with Crippen molar-refractivity contribution in [2.75, 3.05) is 39.6 Å². The van der Waals surface area contributed by atoms with Crippen LogP contribution in [0.15, 0.2) is 194 Å². The number of aliphatic hydroxyl groups excluding tert-OH is 2. The van der Waals surface area contributed by atoms with Crippen LogP contribution >= 0.6 is 15.6 Å². The minimum absolute atomic E-state index is 0.0825. The molecule has 0 aromatic rings. The fraction of sp³-hybridized carbons (Fsp3) is 0.679. The number of hydrogen-bond donors (Lipinski definition) is 4. The molecule has 0 aliphatic rings. The molecule has 0 bridgehead atoms. The Labute approximate surface area is 776 Å². The van der Waals surface area contributed by atoms with Crippen LogP contribution in [-0.4, -0.2) is 95.9 Å². The maximum Gasteiger partial charge on any atom is 0.472 e. The van der Waals surface area contributed by atoms with E-state index in [9.17, 15) is 43.5 Å². The molecular weight excluding hydrogens is 1630 g/mol. The van der Waals surface area contributed by atoms with Crippen molar-refractivity contribution in [1.82, 2.24) is 0 Å². The first kappa shape index (κ1) is 121. The lowest BCUT2D eigenvalue weighted by Crippen LogP contribution is -2.30. The van der Waals surface area contributed by atoms with Crippen LogP contribution in [0.3, 0.4) is 0 Å². The molecule has 0 spiro atoms. The van der Waals surface area contributed by atoms with E-state index in [-0.39, 0.29) is 19.3 Å². The number of phosphoric ester groups is 2. The van der Waals surface area contributed by atoms with Gasteiger partial charge in [-0.2, -0.15) is 0 Å². The molecule has 18 heteroatoms. The zero-order valence-corrected chi connectivity index (χ0v) is 82.2. The minimum atomic E-state index is -4.95. The average molecular weight is 1810 g/mol. The molecule has 0 fully saturated rings. The van der Waals surface area contributed by atoms with E-state index in [1.54, 1.807) is 0 Å². The molecular formula is C109H184O16P2. The molecule has 0 aliphatic heterocycles. The normalized spacial score (nSPS) is 14.5. The van der Waals surface area contributed by atoms with Crippen molar-refractivity contribution in [3.63, 3.8) is 0 Å². The second-order valence-corrected chi connectivity index (χ2v) is 36.4. The highest BCUT2D eigenvalue weighted by Gasteiger charge is 2.30. The molecule has 0 aliphatic carbocycles. The van der Waals surface area contributed by atoms with Gasteiger partial charge in [0.1, 0.15) is 25.4 Å². The molecule has 5 unspecified atom stereocenters. The summed E-state index contributed by atoms with van der Waals surface area (Å²) >= 11 is 0. The molecule has 0 rings (SSSR count). The van der Waals surface area contributed by atoms with Gasteiger partial charge in [-0.25, -0.2) is 9.13 Å². The fourth-order valence-corrected chi connectivity index (χ4v) is 15.3. The Morgan fingerprint density at radius 1 is 0.220 bits per heavy atom. The first-order valence-corrected chi connectivity index (χ1v) is 53.7. The Morgan fingerprint density at radius 2 is 0.394 bits per heavy atom. The Kier molecular flexibility index (Phi) is 95.0. The predicted octanol–water partition coefficient (Wildman–Crippen LogP) is 32.1. The summed E-state index contributed by atoms with van der Waals surface area (Å²) in [7, 11) is -9.83. The van der Waals surface area contributed by atoms with Crippen LogP contribution in [-0.2, 0) is 55.8 Å². The van der Waals surface area contributed by atoms with Crippen molar-refractivity contribution < 1.29 is 75.8 Å². The predicted molar refractivity (Wildman–Crippen MR) is 537 cm³/mol. The van der Waals surface area contributed by atoms with E-state index < -0.39 is 91.5 Å². The van der Waals surface area contributed by atoms with Crippen LogP contribution in [0.1, 0.15) is 419 Å². The van der Waals surface area contributed by atoms with E-state index in [0.29, 0.717) is 19.3 Å². The molecule has 0 amide bonds. The van der Waals surface area contributed by atoms with E-state index in [1.807, 2.05) is 0 Å². The first-order chi connectivity index (χ1) is 62.2. The van der Waals surface area contributed by atoms with Crippen molar-refractivity contribution in [1.29, 1.82) is 0 Å². The molecule has 0 aromatic heterocycles. The van der Waals surface area contributed by atoms with Crippen molar-refractivity contribution in [3.05, 3.63) is 194 Å². The van der Waals surface area contributed by atoms with Crippen molar-refractivity contribution >= 4 is 33.6 Å². The zero-order valence-electron chi connectivity index (χ0n) is 80.4. The third kappa shape index (κ3) is 101. The number of unbranched alkanes of at least 4 members (excludes halogenated alkanes) is 40. The number of esters is 3. The molecule has 16 nitrogen and oxygen atoms in total. The maximum absolute atomic E-state index is 13.1. The highest BCUT2D eigenvalue weighted by Crippen LogP contribution is 2.45. The average Bonchev–Trinajstić information content (AvgIpc) is 0.957. The van der Waals surface area contributed by atoms with Crippen molar-refractivity contribution in [3.8, 4) is 0 Å². The number of phosphoric acid groups is 2. The zero-order chi connectivity index (χ0) is 92.1. The van der Waals surface area contributed by atoms with Crippen LogP contribution in [0.2, 0.25) is 0 Å². The van der Waals surface area contributed by atoms with Crippen LogP contribution < -0.4 is 0 Å². The SMILES string of the molecule is CC/C=C\C/C=C\C/C=C\C/C=C\C/C=C\C/C=C\CCCCCCCCC(=O)OC(COC(=O)CCCCCCCCCCCCCCCCC/C=C\C/C=C\C/C=C\C/C=C\C/C=C\CC)COP(=O)(O)OCC(O)COP(=O)(O)OCC(O)COC(=O)CCCCCCCCCCCCCCCCCCCCC/C=C\C/C=C\C/C=C\C/C=C\C/C=C\CC. The van der Waals surface area contributed by atoms with E-state index >= 15 is 0 Å². The van der Waals surface area contributed by atoms with Gasteiger partial charge < -0.3 is 34.2 Å². The second kappa shape index (κ2) is 99.4. The van der Waals surface area contributed by atoms with Gasteiger partial charge in [-0.1, -0.05) is 434 Å². The Morgan fingerprint density at radius 3 is 0.622 bits per heavy atom. The molecule has 0 heterocycles. The highest BCUT2D eigenvalue weighted by atomic mass is 31.2. The molecule has 0 aromatic carbocycles. The molecule has 0 radical (unpaired) electrons. The number of rotatable bonds is 95. The summed E-state index contributed by atoms with van der Waals surface area (Å²) in [4.78, 5) is 59.2. The summed E-state index contributed by atoms with van der Waals surface area (Å²) in [5.74, 6) is -1.58. The third-order valence-corrected chi connectivity index (χ3v) is 23.2. The summed E-state index contributed by atoms with van der Waals surface area (Å²) in [6, 6.07) is 0. The van der Waals surface area contributed by atoms with E-state index in [1.165, 1.54) is 173 Å². The van der Waals surface area contributed by atoms with Gasteiger partial charge in [0.2, 0.25) is 0 Å². The summed E-state index contributed by atoms with van der Waals surface area (Å²) in [6.07, 6.45) is 133. The van der Waals surface area contributed by atoms with Crippen LogP contribution in [0.5, 0.6) is 0 Å². The van der Waals surface area contributed by atoms with Gasteiger partial charge in [-0.05, 0) is 161 Å². The fourth-order valence-electron chi connectivity index (χ4n) is 13.8. The second-order valence-electron chi connectivity index (χ2n) is 33.5. The van der Waals surface area contributed by atoms with Crippen LogP contribution in [0, 0.1) is 0 Å². The van der Waals surface area contributed by atoms with Gasteiger partial charge in [0.25, 0.3) is 0 Å². The summed E-state index contributed by atoms with van der Waals surface area (Å²) in [5, 5.41) is 20.8. The molecule has 0 saturated heterocycles. The smallest absolute Gasteiger partial charge is 0.463 e. The molecule has 726 valence electrons. The third-order valence-electron chi connectivity index (χ3n) is 21.3. The van der Waals surface area contributed by atoms with Crippen LogP contribution in [0.25, 0.3) is 0 Å². The number of carbonyl (C=O) groups is 3. The van der Waals surface area contributed by atoms with E-state index in [0.717, 1.165) is 186 Å². The van der Waals surface area contributed by atoms with Crippen molar-refractivity contribution in [2.24, 2.45) is 0 Å². The Balaban J connectivity index is 4.58. The van der Waals surface area contributed by atoms with Gasteiger partial charge in [0, 0.05) is 19.3 Å². The minimum Gasteiger partial charge on any atom is -0.463 e. The lowest BCUT2D eigenvalue weighted by molar-refractivity contribution is -0.161. The van der Waals surface area contributed by atoms with Crippen molar-refractivity contribution in [2.45, 2.75) is 437 Å². The Hall–Kier alpha value is -5.61. The monoisotopic (exact) mass is 1810 g/mol.